The minimum absolute atomic E-state index is 0.677. The fraction of sp³-hybridized carbons (Fsp3) is 0.185. The molecule has 0 radical (unpaired) electrons. The van der Waals surface area contributed by atoms with Gasteiger partial charge in [0, 0.05) is 29.7 Å². The van der Waals surface area contributed by atoms with E-state index in [2.05, 4.69) is 80.8 Å². The van der Waals surface area contributed by atoms with Gasteiger partial charge in [-0.1, -0.05) is 66.2 Å². The Hall–Kier alpha value is -2.93. The molecule has 2 heterocycles. The number of hydrogen-bond acceptors (Lipinski definition) is 4. The Morgan fingerprint density at radius 3 is 2.65 bits per heavy atom. The van der Waals surface area contributed by atoms with E-state index in [1.54, 1.807) is 6.20 Å². The van der Waals surface area contributed by atoms with E-state index in [1.807, 2.05) is 34.8 Å². The molecule has 0 fully saturated rings. The van der Waals surface area contributed by atoms with Crippen LogP contribution >= 0.6 is 27.5 Å². The summed E-state index contributed by atoms with van der Waals surface area (Å²) in [5.74, 6) is 0.891. The Labute approximate surface area is 212 Å². The summed E-state index contributed by atoms with van der Waals surface area (Å²) in [4.78, 5) is 7.13. The highest BCUT2D eigenvalue weighted by Gasteiger charge is 2.13. The molecule has 0 saturated heterocycles. The van der Waals surface area contributed by atoms with Gasteiger partial charge in [-0.25, -0.2) is 4.98 Å². The summed E-state index contributed by atoms with van der Waals surface area (Å²) in [6.45, 7) is 2.72. The van der Waals surface area contributed by atoms with Crippen molar-refractivity contribution in [2.24, 2.45) is 0 Å². The standard InChI is InChI=1S/C27H25BrClN5/c1-33(18-19-11-12-20-7-2-3-8-21(20)15-19)14-6-13-30-26-16-25(22-9-4-5-10-24(22)29)32-27-23(28)17-31-34(26)27/h2-5,7-12,15-17,30H,6,13-14,18H2,1H3. The highest BCUT2D eigenvalue weighted by Crippen LogP contribution is 2.30. The van der Waals surface area contributed by atoms with Gasteiger partial charge in [0.2, 0.25) is 0 Å². The molecule has 3 aromatic carbocycles. The Morgan fingerprint density at radius 1 is 1.00 bits per heavy atom. The molecular weight excluding hydrogens is 510 g/mol. The fourth-order valence-corrected chi connectivity index (χ4v) is 4.74. The molecule has 0 aliphatic carbocycles. The van der Waals surface area contributed by atoms with E-state index in [0.717, 1.165) is 53.3 Å². The molecule has 1 N–H and O–H groups in total. The number of benzene rings is 3. The number of anilines is 1. The first-order chi connectivity index (χ1) is 16.6. The Bertz CT molecular complexity index is 1450. The van der Waals surface area contributed by atoms with E-state index in [1.165, 1.54) is 16.3 Å². The molecule has 0 unspecified atom stereocenters. The molecular formula is C27H25BrClN5. The average molecular weight is 535 g/mol. The third-order valence-electron chi connectivity index (χ3n) is 5.87. The van der Waals surface area contributed by atoms with Gasteiger partial charge in [0.15, 0.2) is 5.65 Å². The lowest BCUT2D eigenvalue weighted by Crippen LogP contribution is -2.21. The second-order valence-corrected chi connectivity index (χ2v) is 9.70. The first-order valence-corrected chi connectivity index (χ1v) is 12.4. The highest BCUT2D eigenvalue weighted by molar-refractivity contribution is 9.10. The van der Waals surface area contributed by atoms with Gasteiger partial charge in [-0.3, -0.25) is 0 Å². The van der Waals surface area contributed by atoms with Crippen LogP contribution in [0.3, 0.4) is 0 Å². The molecule has 0 bridgehead atoms. The zero-order valence-corrected chi connectivity index (χ0v) is 21.2. The number of fused-ring (bicyclic) bond motifs is 2. The lowest BCUT2D eigenvalue weighted by molar-refractivity contribution is 0.325. The van der Waals surface area contributed by atoms with Crippen molar-refractivity contribution in [2.45, 2.75) is 13.0 Å². The first-order valence-electron chi connectivity index (χ1n) is 11.3. The number of rotatable bonds is 8. The van der Waals surface area contributed by atoms with Gasteiger partial charge in [-0.2, -0.15) is 9.61 Å². The van der Waals surface area contributed by atoms with Crippen molar-refractivity contribution in [2.75, 3.05) is 25.5 Å². The SMILES string of the molecule is CN(CCCNc1cc(-c2ccccc2Cl)nc2c(Br)cnn12)Cc1ccc2ccccc2c1. The van der Waals surface area contributed by atoms with Gasteiger partial charge in [0.05, 0.1) is 16.4 Å². The maximum Gasteiger partial charge on any atom is 0.172 e. The van der Waals surface area contributed by atoms with Crippen LogP contribution in [0.5, 0.6) is 0 Å². The highest BCUT2D eigenvalue weighted by atomic mass is 79.9. The van der Waals surface area contributed by atoms with Gasteiger partial charge in [0.25, 0.3) is 0 Å². The Morgan fingerprint density at radius 2 is 1.79 bits per heavy atom. The molecule has 0 amide bonds. The van der Waals surface area contributed by atoms with Crippen LogP contribution in [0.2, 0.25) is 5.02 Å². The predicted molar refractivity (Wildman–Crippen MR) is 145 cm³/mol. The third kappa shape index (κ3) is 4.94. The topological polar surface area (TPSA) is 45.5 Å². The summed E-state index contributed by atoms with van der Waals surface area (Å²) in [6.07, 6.45) is 2.76. The van der Waals surface area contributed by atoms with Crippen LogP contribution in [-0.2, 0) is 6.54 Å². The molecule has 7 heteroatoms. The van der Waals surface area contributed by atoms with Crippen molar-refractivity contribution < 1.29 is 0 Å². The van der Waals surface area contributed by atoms with E-state index in [4.69, 9.17) is 16.6 Å². The fourth-order valence-electron chi connectivity index (χ4n) is 4.16. The summed E-state index contributed by atoms with van der Waals surface area (Å²) >= 11 is 10.00. The molecule has 0 spiro atoms. The quantitative estimate of drug-likeness (QED) is 0.220. The van der Waals surface area contributed by atoms with Crippen molar-refractivity contribution in [3.05, 3.63) is 94.1 Å². The second kappa shape index (κ2) is 10.1. The number of nitrogens with zero attached hydrogens (tertiary/aromatic N) is 4. The average Bonchev–Trinajstić information content (AvgIpc) is 3.22. The number of halogens is 2. The maximum absolute atomic E-state index is 6.44. The van der Waals surface area contributed by atoms with Crippen LogP contribution in [-0.4, -0.2) is 39.6 Å². The second-order valence-electron chi connectivity index (χ2n) is 8.43. The number of hydrogen-bond donors (Lipinski definition) is 1. The maximum atomic E-state index is 6.44. The smallest absolute Gasteiger partial charge is 0.172 e. The molecule has 5 rings (SSSR count). The van der Waals surface area contributed by atoms with Crippen molar-refractivity contribution in [1.82, 2.24) is 19.5 Å². The molecule has 2 aromatic heterocycles. The van der Waals surface area contributed by atoms with Crippen LogP contribution in [0.15, 0.2) is 83.5 Å². The van der Waals surface area contributed by atoms with Crippen LogP contribution in [0, 0.1) is 0 Å². The minimum atomic E-state index is 0.677. The molecule has 34 heavy (non-hydrogen) atoms. The summed E-state index contributed by atoms with van der Waals surface area (Å²) in [7, 11) is 2.17. The predicted octanol–water partition coefficient (Wildman–Crippen LogP) is 6.90. The third-order valence-corrected chi connectivity index (χ3v) is 6.76. The zero-order valence-electron chi connectivity index (χ0n) is 18.9. The van der Waals surface area contributed by atoms with Crippen LogP contribution in [0.1, 0.15) is 12.0 Å². The molecule has 0 saturated carbocycles. The van der Waals surface area contributed by atoms with E-state index < -0.39 is 0 Å². The van der Waals surface area contributed by atoms with E-state index in [0.29, 0.717) is 5.02 Å². The number of nitrogens with one attached hydrogen (secondary N) is 1. The van der Waals surface area contributed by atoms with E-state index in [-0.39, 0.29) is 0 Å². The molecule has 0 aliphatic rings. The molecule has 5 nitrogen and oxygen atoms in total. The summed E-state index contributed by atoms with van der Waals surface area (Å²) in [6, 6.07) is 25.0. The number of aromatic nitrogens is 3. The van der Waals surface area contributed by atoms with E-state index >= 15 is 0 Å². The summed E-state index contributed by atoms with van der Waals surface area (Å²) in [5.41, 5.74) is 3.80. The molecule has 172 valence electrons. The first kappa shape index (κ1) is 22.8. The van der Waals surface area contributed by atoms with Gasteiger partial charge >= 0.3 is 0 Å². The normalized spacial score (nSPS) is 11.5. The van der Waals surface area contributed by atoms with Crippen molar-refractivity contribution in [3.8, 4) is 11.3 Å². The van der Waals surface area contributed by atoms with Gasteiger partial charge in [0.1, 0.15) is 5.82 Å². The monoisotopic (exact) mass is 533 g/mol. The Kier molecular flexibility index (Phi) is 6.81. The van der Waals surface area contributed by atoms with Crippen LogP contribution < -0.4 is 5.32 Å². The summed E-state index contributed by atoms with van der Waals surface area (Å²) < 4.78 is 2.67. The van der Waals surface area contributed by atoms with Crippen LogP contribution in [0.25, 0.3) is 27.7 Å². The van der Waals surface area contributed by atoms with Crippen LogP contribution in [0.4, 0.5) is 5.82 Å². The zero-order chi connectivity index (χ0) is 23.5. The van der Waals surface area contributed by atoms with Crippen molar-refractivity contribution in [3.63, 3.8) is 0 Å². The lowest BCUT2D eigenvalue weighted by atomic mass is 10.1. The van der Waals surface area contributed by atoms with Gasteiger partial charge in [-0.05, 0) is 64.4 Å². The lowest BCUT2D eigenvalue weighted by Gasteiger charge is -2.18. The van der Waals surface area contributed by atoms with Gasteiger partial charge < -0.3 is 10.2 Å². The van der Waals surface area contributed by atoms with Gasteiger partial charge in [-0.15, -0.1) is 0 Å². The summed E-state index contributed by atoms with van der Waals surface area (Å²) in [5, 5.41) is 11.3. The van der Waals surface area contributed by atoms with E-state index in [9.17, 15) is 0 Å². The van der Waals surface area contributed by atoms with Crippen molar-refractivity contribution in [1.29, 1.82) is 0 Å². The molecule has 5 aromatic rings. The Balaban J connectivity index is 1.24. The molecule has 0 atom stereocenters. The minimum Gasteiger partial charge on any atom is -0.370 e. The molecule has 0 aliphatic heterocycles. The largest absolute Gasteiger partial charge is 0.370 e. The van der Waals surface area contributed by atoms with Crippen molar-refractivity contribution >= 4 is 49.8 Å².